The molecule has 26 heavy (non-hydrogen) atoms. The summed E-state index contributed by atoms with van der Waals surface area (Å²) in [7, 11) is 0. The topological polar surface area (TPSA) is 44.4 Å². The molecule has 136 valence electrons. The first-order valence-electron chi connectivity index (χ1n) is 8.67. The molecule has 0 unspecified atom stereocenters. The maximum Gasteiger partial charge on any atom is 0.257 e. The summed E-state index contributed by atoms with van der Waals surface area (Å²) in [6.45, 7) is 6.00. The fraction of sp³-hybridized carbons (Fsp3) is 0.300. The summed E-state index contributed by atoms with van der Waals surface area (Å²) in [4.78, 5) is 14.7. The lowest BCUT2D eigenvalue weighted by molar-refractivity contribution is 0.0977. The van der Waals surface area contributed by atoms with Crippen LogP contribution in [-0.4, -0.2) is 24.1 Å². The molecular weight excluding hydrogens is 366 g/mol. The largest absolute Gasteiger partial charge is 0.370 e. The third kappa shape index (κ3) is 4.54. The van der Waals surface area contributed by atoms with E-state index in [1.54, 1.807) is 0 Å². The molecule has 1 aliphatic rings. The van der Waals surface area contributed by atoms with Gasteiger partial charge in [-0.2, -0.15) is 0 Å². The molecule has 0 saturated carbocycles. The first-order chi connectivity index (χ1) is 12.4. The summed E-state index contributed by atoms with van der Waals surface area (Å²) in [5, 5.41) is 6.67. The van der Waals surface area contributed by atoms with Gasteiger partial charge in [-0.05, 0) is 69.2 Å². The standard InChI is InChI=1S/C20H22ClN3OS/c1-13-9-14(2)11-15(10-13)19(25)23-20(26)22-16-5-6-18(17(21)12-16)24-7-3-4-8-24/h5-6,9-12H,3-4,7-8H2,1-2H3,(H2,22,23,25,26). The van der Waals surface area contributed by atoms with Gasteiger partial charge >= 0.3 is 0 Å². The van der Waals surface area contributed by atoms with Gasteiger partial charge in [0.1, 0.15) is 0 Å². The Kier molecular flexibility index (Phi) is 5.79. The van der Waals surface area contributed by atoms with Crippen LogP contribution in [0.5, 0.6) is 0 Å². The molecule has 1 aliphatic heterocycles. The molecule has 0 atom stereocenters. The molecule has 2 N–H and O–H groups in total. The van der Waals surface area contributed by atoms with Gasteiger partial charge in [0.15, 0.2) is 5.11 Å². The van der Waals surface area contributed by atoms with Crippen LogP contribution < -0.4 is 15.5 Å². The number of rotatable bonds is 3. The monoisotopic (exact) mass is 387 g/mol. The normalized spacial score (nSPS) is 13.6. The third-order valence-corrected chi connectivity index (χ3v) is 4.87. The highest BCUT2D eigenvalue weighted by atomic mass is 35.5. The number of carbonyl (C=O) groups excluding carboxylic acids is 1. The van der Waals surface area contributed by atoms with Crippen molar-refractivity contribution in [2.24, 2.45) is 0 Å². The molecule has 2 aromatic rings. The number of nitrogens with one attached hydrogen (secondary N) is 2. The molecule has 0 bridgehead atoms. The molecular formula is C20H22ClN3OS. The van der Waals surface area contributed by atoms with Gasteiger partial charge in [-0.1, -0.05) is 28.8 Å². The SMILES string of the molecule is Cc1cc(C)cc(C(=O)NC(=S)Nc2ccc(N3CCCC3)c(Cl)c2)c1. The summed E-state index contributed by atoms with van der Waals surface area (Å²) in [6.07, 6.45) is 2.40. The van der Waals surface area contributed by atoms with E-state index in [9.17, 15) is 4.79 Å². The van der Waals surface area contributed by atoms with Crippen LogP contribution in [0.25, 0.3) is 0 Å². The minimum Gasteiger partial charge on any atom is -0.370 e. The van der Waals surface area contributed by atoms with Crippen molar-refractivity contribution in [1.29, 1.82) is 0 Å². The van der Waals surface area contributed by atoms with Crippen LogP contribution in [0.15, 0.2) is 36.4 Å². The summed E-state index contributed by atoms with van der Waals surface area (Å²) in [6, 6.07) is 11.5. The number of benzene rings is 2. The molecule has 1 heterocycles. The summed E-state index contributed by atoms with van der Waals surface area (Å²) < 4.78 is 0. The number of thiocarbonyl (C=S) groups is 1. The van der Waals surface area contributed by atoms with E-state index in [4.69, 9.17) is 23.8 Å². The minimum absolute atomic E-state index is 0.228. The number of hydrogen-bond donors (Lipinski definition) is 2. The third-order valence-electron chi connectivity index (χ3n) is 4.36. The van der Waals surface area contributed by atoms with Crippen molar-refractivity contribution in [3.05, 3.63) is 58.1 Å². The number of anilines is 2. The van der Waals surface area contributed by atoms with E-state index in [1.165, 1.54) is 12.8 Å². The Morgan fingerprint density at radius 3 is 2.35 bits per heavy atom. The molecule has 1 amide bonds. The second kappa shape index (κ2) is 8.06. The fourth-order valence-electron chi connectivity index (χ4n) is 3.24. The van der Waals surface area contributed by atoms with Gasteiger partial charge < -0.3 is 10.2 Å². The van der Waals surface area contributed by atoms with Gasteiger partial charge in [-0.15, -0.1) is 0 Å². The van der Waals surface area contributed by atoms with Crippen LogP contribution >= 0.6 is 23.8 Å². The van der Waals surface area contributed by atoms with Gasteiger partial charge in [0.2, 0.25) is 0 Å². The molecule has 1 fully saturated rings. The zero-order valence-electron chi connectivity index (χ0n) is 14.9. The molecule has 0 radical (unpaired) electrons. The van der Waals surface area contributed by atoms with Crippen molar-refractivity contribution < 1.29 is 4.79 Å². The van der Waals surface area contributed by atoms with E-state index in [1.807, 2.05) is 50.2 Å². The Morgan fingerprint density at radius 2 is 1.73 bits per heavy atom. The average Bonchev–Trinajstić information content (AvgIpc) is 3.08. The smallest absolute Gasteiger partial charge is 0.257 e. The summed E-state index contributed by atoms with van der Waals surface area (Å²) in [5.41, 5.74) is 4.47. The highest BCUT2D eigenvalue weighted by molar-refractivity contribution is 7.80. The number of halogens is 1. The van der Waals surface area contributed by atoms with Gasteiger partial charge in [0, 0.05) is 24.3 Å². The number of nitrogens with zero attached hydrogens (tertiary/aromatic N) is 1. The zero-order valence-corrected chi connectivity index (χ0v) is 16.5. The molecule has 0 spiro atoms. The summed E-state index contributed by atoms with van der Waals surface area (Å²) in [5.74, 6) is -0.228. The Hall–Kier alpha value is -2.11. The van der Waals surface area contributed by atoms with Crippen LogP contribution in [0.2, 0.25) is 5.02 Å². The van der Waals surface area contributed by atoms with E-state index < -0.39 is 0 Å². The predicted octanol–water partition coefficient (Wildman–Crippen LogP) is 4.68. The second-order valence-electron chi connectivity index (χ2n) is 6.64. The average molecular weight is 388 g/mol. The number of amides is 1. The number of hydrogen-bond acceptors (Lipinski definition) is 3. The molecule has 1 saturated heterocycles. The maximum atomic E-state index is 12.4. The van der Waals surface area contributed by atoms with Crippen molar-refractivity contribution in [1.82, 2.24) is 5.32 Å². The molecule has 2 aromatic carbocycles. The quantitative estimate of drug-likeness (QED) is 0.750. The van der Waals surface area contributed by atoms with E-state index in [0.29, 0.717) is 10.6 Å². The van der Waals surface area contributed by atoms with E-state index in [2.05, 4.69) is 15.5 Å². The summed E-state index contributed by atoms with van der Waals surface area (Å²) >= 11 is 11.7. The van der Waals surface area contributed by atoms with Crippen LogP contribution in [0.1, 0.15) is 34.3 Å². The molecule has 0 aliphatic carbocycles. The number of aryl methyl sites for hydroxylation is 2. The lowest BCUT2D eigenvalue weighted by Crippen LogP contribution is -2.34. The van der Waals surface area contributed by atoms with Crippen molar-refractivity contribution >= 4 is 46.2 Å². The van der Waals surface area contributed by atoms with Gasteiger partial charge in [0.05, 0.1) is 10.7 Å². The van der Waals surface area contributed by atoms with E-state index in [0.717, 1.165) is 35.6 Å². The lowest BCUT2D eigenvalue weighted by Gasteiger charge is -2.20. The first-order valence-corrected chi connectivity index (χ1v) is 9.46. The van der Waals surface area contributed by atoms with E-state index >= 15 is 0 Å². The highest BCUT2D eigenvalue weighted by Gasteiger charge is 2.16. The molecule has 6 heteroatoms. The Morgan fingerprint density at radius 1 is 1.08 bits per heavy atom. The highest BCUT2D eigenvalue weighted by Crippen LogP contribution is 2.31. The van der Waals surface area contributed by atoms with E-state index in [-0.39, 0.29) is 11.0 Å². The minimum atomic E-state index is -0.228. The van der Waals surface area contributed by atoms with Gasteiger partial charge in [-0.25, -0.2) is 0 Å². The van der Waals surface area contributed by atoms with Crippen LogP contribution in [0, 0.1) is 13.8 Å². The maximum absolute atomic E-state index is 12.4. The predicted molar refractivity (Wildman–Crippen MR) is 113 cm³/mol. The Labute approximate surface area is 164 Å². The Balaban J connectivity index is 1.64. The van der Waals surface area contributed by atoms with Crippen LogP contribution in [0.4, 0.5) is 11.4 Å². The van der Waals surface area contributed by atoms with Crippen molar-refractivity contribution in [2.45, 2.75) is 26.7 Å². The zero-order chi connectivity index (χ0) is 18.7. The van der Waals surface area contributed by atoms with Gasteiger partial charge in [-0.3, -0.25) is 10.1 Å². The first kappa shape index (κ1) is 18.7. The molecule has 4 nitrogen and oxygen atoms in total. The number of carbonyl (C=O) groups is 1. The van der Waals surface area contributed by atoms with Crippen molar-refractivity contribution in [3.8, 4) is 0 Å². The van der Waals surface area contributed by atoms with Crippen molar-refractivity contribution in [3.63, 3.8) is 0 Å². The molecule has 3 rings (SSSR count). The fourth-order valence-corrected chi connectivity index (χ4v) is 3.75. The molecule has 0 aromatic heterocycles. The second-order valence-corrected chi connectivity index (χ2v) is 7.46. The van der Waals surface area contributed by atoms with Crippen LogP contribution in [0.3, 0.4) is 0 Å². The lowest BCUT2D eigenvalue weighted by atomic mass is 10.1. The Bertz CT molecular complexity index is 827. The van der Waals surface area contributed by atoms with Crippen LogP contribution in [-0.2, 0) is 0 Å². The van der Waals surface area contributed by atoms with Gasteiger partial charge in [0.25, 0.3) is 5.91 Å². The van der Waals surface area contributed by atoms with Crippen molar-refractivity contribution in [2.75, 3.05) is 23.3 Å².